The number of rotatable bonds is 6. The van der Waals surface area contributed by atoms with Crippen LogP contribution in [-0.4, -0.2) is 54.0 Å². The number of aryl methyl sites for hydroxylation is 1. The van der Waals surface area contributed by atoms with Gasteiger partial charge in [0.05, 0.1) is 17.5 Å². The molecule has 2 saturated carbocycles. The molecular weight excluding hydrogens is 628 g/mol. The van der Waals surface area contributed by atoms with Gasteiger partial charge in [-0.05, 0) is 101 Å². The molecule has 0 saturated heterocycles. The number of aromatic nitrogens is 4. The van der Waals surface area contributed by atoms with E-state index in [1.165, 1.54) is 17.3 Å². The molecule has 3 heterocycles. The Morgan fingerprint density at radius 1 is 1.15 bits per heavy atom. The number of pyridine rings is 1. The summed E-state index contributed by atoms with van der Waals surface area (Å²) < 4.78 is 65.4. The topological polar surface area (TPSA) is 93.5 Å². The molecule has 246 valence electrons. The summed E-state index contributed by atoms with van der Waals surface area (Å²) in [4.78, 5) is 33.9. The van der Waals surface area contributed by atoms with Crippen LogP contribution in [0.2, 0.25) is 5.15 Å². The molecule has 14 heteroatoms. The standard InChI is InChI=1S/C32H35ClF4N6O3/c1-29(2,3)43(28(45)46-30(4)7-6-8-30)15-18-9-21-22(23(10-18)32(35,36)37)16-42(26(21)44)25-12-19(11-24(33)39-25)31(13-20(34)14-31)27-40-38-17-41(27)5/h9-12,17,20H,6-8,13-16H2,1-5H3. The van der Waals surface area contributed by atoms with Gasteiger partial charge < -0.3 is 9.30 Å². The van der Waals surface area contributed by atoms with E-state index in [2.05, 4.69) is 15.2 Å². The van der Waals surface area contributed by atoms with Crippen molar-refractivity contribution in [3.63, 3.8) is 0 Å². The summed E-state index contributed by atoms with van der Waals surface area (Å²) in [6.45, 7) is 6.54. The smallest absolute Gasteiger partial charge is 0.416 e. The lowest BCUT2D eigenvalue weighted by Crippen LogP contribution is -2.49. The van der Waals surface area contributed by atoms with Gasteiger partial charge in [-0.15, -0.1) is 10.2 Å². The van der Waals surface area contributed by atoms with Crippen LogP contribution in [0.4, 0.5) is 28.2 Å². The maximum absolute atomic E-state index is 14.5. The van der Waals surface area contributed by atoms with Crippen molar-refractivity contribution in [1.29, 1.82) is 0 Å². The Balaban J connectivity index is 1.36. The van der Waals surface area contributed by atoms with Crippen molar-refractivity contribution in [2.24, 2.45) is 7.05 Å². The Labute approximate surface area is 268 Å². The van der Waals surface area contributed by atoms with Crippen molar-refractivity contribution in [3.05, 3.63) is 69.4 Å². The minimum absolute atomic E-state index is 0.00340. The van der Waals surface area contributed by atoms with E-state index >= 15 is 0 Å². The van der Waals surface area contributed by atoms with E-state index in [1.54, 1.807) is 44.5 Å². The van der Waals surface area contributed by atoms with Gasteiger partial charge in [0.15, 0.2) is 0 Å². The van der Waals surface area contributed by atoms with Crippen molar-refractivity contribution in [1.82, 2.24) is 24.6 Å². The Morgan fingerprint density at radius 2 is 1.85 bits per heavy atom. The first-order valence-electron chi connectivity index (χ1n) is 15.1. The number of carbonyl (C=O) groups is 2. The van der Waals surface area contributed by atoms with Crippen molar-refractivity contribution in [2.75, 3.05) is 4.90 Å². The zero-order chi connectivity index (χ0) is 33.4. The van der Waals surface area contributed by atoms with Crippen molar-refractivity contribution < 1.29 is 31.9 Å². The second-order valence-electron chi connectivity index (χ2n) is 13.9. The van der Waals surface area contributed by atoms with Crippen LogP contribution in [-0.2, 0) is 36.5 Å². The molecule has 1 aliphatic heterocycles. The maximum atomic E-state index is 14.5. The van der Waals surface area contributed by atoms with Gasteiger partial charge in [0.2, 0.25) is 0 Å². The van der Waals surface area contributed by atoms with Crippen LogP contribution in [0.5, 0.6) is 0 Å². The molecule has 0 unspecified atom stereocenters. The summed E-state index contributed by atoms with van der Waals surface area (Å²) in [6.07, 6.45) is -2.46. The lowest BCUT2D eigenvalue weighted by Gasteiger charge is -2.43. The number of fused-ring (bicyclic) bond motifs is 1. The highest BCUT2D eigenvalue weighted by Crippen LogP contribution is 2.51. The Bertz CT molecular complexity index is 1710. The van der Waals surface area contributed by atoms with E-state index in [-0.39, 0.29) is 47.0 Å². The highest BCUT2D eigenvalue weighted by Gasteiger charge is 2.51. The molecule has 0 bridgehead atoms. The van der Waals surface area contributed by atoms with Gasteiger partial charge in [0.1, 0.15) is 34.9 Å². The van der Waals surface area contributed by atoms with Crippen molar-refractivity contribution in [3.8, 4) is 0 Å². The molecule has 6 rings (SSSR count). The van der Waals surface area contributed by atoms with E-state index in [1.807, 2.05) is 6.92 Å². The van der Waals surface area contributed by atoms with Gasteiger partial charge in [-0.1, -0.05) is 11.6 Å². The van der Waals surface area contributed by atoms with Crippen LogP contribution in [0.3, 0.4) is 0 Å². The number of anilines is 1. The largest absolute Gasteiger partial charge is 0.443 e. The lowest BCUT2D eigenvalue weighted by molar-refractivity contribution is -0.138. The monoisotopic (exact) mass is 662 g/mol. The van der Waals surface area contributed by atoms with E-state index in [0.717, 1.165) is 17.4 Å². The first-order chi connectivity index (χ1) is 21.4. The number of nitrogens with zero attached hydrogens (tertiary/aromatic N) is 6. The molecule has 3 aliphatic rings. The van der Waals surface area contributed by atoms with Crippen molar-refractivity contribution >= 4 is 29.4 Å². The number of hydrogen-bond acceptors (Lipinski definition) is 6. The summed E-state index contributed by atoms with van der Waals surface area (Å²) >= 11 is 6.42. The third-order valence-corrected chi connectivity index (χ3v) is 9.61. The SMILES string of the molecule is Cn1cnnc1C1(c2cc(Cl)nc(N3Cc4c(cc(CN(C(=O)OC5(C)CCC5)C(C)(C)C)cc4C(F)(F)F)C3=O)c2)CC(F)C1. The van der Waals surface area contributed by atoms with Gasteiger partial charge in [0, 0.05) is 24.7 Å². The maximum Gasteiger partial charge on any atom is 0.416 e. The predicted molar refractivity (Wildman–Crippen MR) is 161 cm³/mol. The van der Waals surface area contributed by atoms with Crippen molar-refractivity contribution in [2.45, 2.75) is 102 Å². The molecule has 0 spiro atoms. The van der Waals surface area contributed by atoms with Crippen LogP contribution < -0.4 is 4.90 Å². The number of hydrogen-bond donors (Lipinski definition) is 0. The first kappa shape index (κ1) is 32.2. The molecule has 0 atom stereocenters. The third-order valence-electron chi connectivity index (χ3n) is 9.41. The Hall–Kier alpha value is -3.74. The molecule has 3 aromatic rings. The Kier molecular flexibility index (Phi) is 7.65. The fraction of sp³-hybridized carbons (Fsp3) is 0.531. The normalized spacial score (nSPS) is 22.3. The lowest BCUT2D eigenvalue weighted by atomic mass is 9.62. The van der Waals surface area contributed by atoms with Gasteiger partial charge in [-0.25, -0.2) is 14.2 Å². The first-order valence-corrected chi connectivity index (χ1v) is 15.5. The number of carbonyl (C=O) groups excluding carboxylic acids is 2. The van der Waals surface area contributed by atoms with Gasteiger partial charge >= 0.3 is 12.3 Å². The Morgan fingerprint density at radius 3 is 2.39 bits per heavy atom. The number of amides is 2. The number of alkyl halides is 4. The molecular formula is C32H35ClF4N6O3. The number of halogens is 5. The predicted octanol–water partition coefficient (Wildman–Crippen LogP) is 7.14. The average molecular weight is 663 g/mol. The van der Waals surface area contributed by atoms with E-state index in [0.29, 0.717) is 24.2 Å². The molecule has 0 radical (unpaired) electrons. The third kappa shape index (κ3) is 5.60. The summed E-state index contributed by atoms with van der Waals surface area (Å²) in [5, 5.41) is 8.12. The van der Waals surface area contributed by atoms with Crippen LogP contribution in [0, 0.1) is 0 Å². The van der Waals surface area contributed by atoms with Gasteiger partial charge in [-0.2, -0.15) is 13.2 Å². The summed E-state index contributed by atoms with van der Waals surface area (Å²) in [5.41, 5.74) is -2.93. The average Bonchev–Trinajstić information content (AvgIpc) is 3.49. The molecule has 2 aliphatic carbocycles. The fourth-order valence-electron chi connectivity index (χ4n) is 6.66. The fourth-order valence-corrected chi connectivity index (χ4v) is 6.86. The highest BCUT2D eigenvalue weighted by atomic mass is 35.5. The highest BCUT2D eigenvalue weighted by molar-refractivity contribution is 6.29. The second-order valence-corrected chi connectivity index (χ2v) is 14.3. The summed E-state index contributed by atoms with van der Waals surface area (Å²) in [5.74, 6) is -0.154. The minimum Gasteiger partial charge on any atom is -0.443 e. The van der Waals surface area contributed by atoms with Crippen LogP contribution in [0.15, 0.2) is 30.6 Å². The molecule has 2 amide bonds. The van der Waals surface area contributed by atoms with E-state index in [9.17, 15) is 27.2 Å². The molecule has 2 aromatic heterocycles. The van der Waals surface area contributed by atoms with E-state index < -0.39 is 53.0 Å². The zero-order valence-corrected chi connectivity index (χ0v) is 27.0. The molecule has 9 nitrogen and oxygen atoms in total. The summed E-state index contributed by atoms with van der Waals surface area (Å²) in [7, 11) is 1.73. The van der Waals surface area contributed by atoms with E-state index in [4.69, 9.17) is 16.3 Å². The van der Waals surface area contributed by atoms with Gasteiger partial charge in [0.25, 0.3) is 5.91 Å². The van der Waals surface area contributed by atoms with Gasteiger partial charge in [-0.3, -0.25) is 14.6 Å². The molecule has 0 N–H and O–H groups in total. The molecule has 46 heavy (non-hydrogen) atoms. The quantitative estimate of drug-likeness (QED) is 0.206. The number of ether oxygens (including phenoxy) is 1. The number of benzene rings is 1. The summed E-state index contributed by atoms with van der Waals surface area (Å²) in [6, 6.07) is 5.50. The molecule has 2 fully saturated rings. The molecule has 1 aromatic carbocycles. The minimum atomic E-state index is -4.78. The van der Waals surface area contributed by atoms with Crippen LogP contribution in [0.1, 0.15) is 98.2 Å². The van der Waals surface area contributed by atoms with Crippen LogP contribution >= 0.6 is 11.6 Å². The second kappa shape index (κ2) is 10.9. The zero-order valence-electron chi connectivity index (χ0n) is 26.2. The van der Waals surface area contributed by atoms with Crippen LogP contribution in [0.25, 0.3) is 0 Å².